The van der Waals surface area contributed by atoms with Crippen molar-refractivity contribution in [1.29, 1.82) is 0 Å². The number of hydrogen-bond acceptors (Lipinski definition) is 8. The monoisotopic (exact) mass is 346 g/mol. The summed E-state index contributed by atoms with van der Waals surface area (Å²) in [5.74, 6) is 1.70. The first-order chi connectivity index (χ1) is 11.9. The van der Waals surface area contributed by atoms with Gasteiger partial charge in [-0.05, 0) is 12.5 Å². The van der Waals surface area contributed by atoms with Crippen molar-refractivity contribution < 1.29 is 4.74 Å². The van der Waals surface area contributed by atoms with Crippen molar-refractivity contribution in [2.45, 2.75) is 19.0 Å². The zero-order chi connectivity index (χ0) is 16.2. The summed E-state index contributed by atoms with van der Waals surface area (Å²) in [4.78, 5) is 18.1. The van der Waals surface area contributed by atoms with Gasteiger partial charge in [0.2, 0.25) is 5.95 Å². The molecule has 2 aliphatic rings. The molecule has 128 valence electrons. The highest BCUT2D eigenvalue weighted by Gasteiger charge is 2.23. The molecule has 0 saturated carbocycles. The molecule has 4 rings (SSSR count). The zero-order valence-electron chi connectivity index (χ0n) is 13.6. The molecule has 0 aliphatic carbocycles. The highest BCUT2D eigenvalue weighted by molar-refractivity contribution is 7.07. The highest BCUT2D eigenvalue weighted by atomic mass is 32.1. The van der Waals surface area contributed by atoms with Crippen LogP contribution in [0.3, 0.4) is 0 Å². The number of rotatable bonds is 5. The number of aromatic nitrogens is 3. The van der Waals surface area contributed by atoms with Crippen LogP contribution >= 0.6 is 11.3 Å². The first-order valence-corrected chi connectivity index (χ1v) is 9.33. The van der Waals surface area contributed by atoms with Gasteiger partial charge in [0.1, 0.15) is 5.82 Å². The average molecular weight is 346 g/mol. The fraction of sp³-hybridized carbons (Fsp3) is 0.562. The Balaban J connectivity index is 1.34. The van der Waals surface area contributed by atoms with Crippen LogP contribution in [0.15, 0.2) is 23.2 Å². The van der Waals surface area contributed by atoms with E-state index < -0.39 is 0 Å². The molecule has 0 amide bonds. The van der Waals surface area contributed by atoms with Gasteiger partial charge in [-0.15, -0.1) is 11.3 Å². The van der Waals surface area contributed by atoms with Gasteiger partial charge < -0.3 is 15.0 Å². The van der Waals surface area contributed by atoms with Gasteiger partial charge in [0.25, 0.3) is 0 Å². The van der Waals surface area contributed by atoms with Crippen LogP contribution in [0.25, 0.3) is 0 Å². The summed E-state index contributed by atoms with van der Waals surface area (Å²) in [6, 6.07) is 2.36. The molecule has 0 aromatic carbocycles. The fourth-order valence-electron chi connectivity index (χ4n) is 3.21. The number of nitrogens with one attached hydrogen (secondary N) is 1. The molecular weight excluding hydrogens is 324 g/mol. The number of nitrogens with zero attached hydrogens (tertiary/aromatic N) is 5. The van der Waals surface area contributed by atoms with Crippen LogP contribution < -0.4 is 10.2 Å². The van der Waals surface area contributed by atoms with Crippen LogP contribution in [0.2, 0.25) is 0 Å². The maximum Gasteiger partial charge on any atom is 0.224 e. The number of morpholine rings is 1. The average Bonchev–Trinajstić information content (AvgIpc) is 3.29. The van der Waals surface area contributed by atoms with Crippen molar-refractivity contribution in [1.82, 2.24) is 19.9 Å². The SMILES string of the molecule is c1cc(N2CCOCC2)nc(NC2CCN(Cc3cscn3)C2)n1. The Hall–Kier alpha value is -1.77. The molecule has 8 heteroatoms. The van der Waals surface area contributed by atoms with Crippen LogP contribution in [-0.4, -0.2) is 65.3 Å². The third kappa shape index (κ3) is 3.82. The van der Waals surface area contributed by atoms with E-state index in [4.69, 9.17) is 4.74 Å². The normalized spacial score (nSPS) is 22.0. The van der Waals surface area contributed by atoms with Gasteiger partial charge in [0, 0.05) is 50.3 Å². The van der Waals surface area contributed by atoms with Crippen molar-refractivity contribution in [3.05, 3.63) is 28.8 Å². The molecule has 24 heavy (non-hydrogen) atoms. The predicted octanol–water partition coefficient (Wildman–Crippen LogP) is 1.46. The van der Waals surface area contributed by atoms with Gasteiger partial charge in [0.15, 0.2) is 0 Å². The Morgan fingerprint density at radius 2 is 2.17 bits per heavy atom. The lowest BCUT2D eigenvalue weighted by atomic mass is 10.3. The molecule has 0 bridgehead atoms. The standard InChI is InChI=1S/C16H22N6OS/c1-3-17-16(20-15(1)22-5-7-23-8-6-22)19-13-2-4-21(9-13)10-14-11-24-12-18-14/h1,3,11-13H,2,4-10H2,(H,17,19,20). The van der Waals surface area contributed by atoms with Gasteiger partial charge >= 0.3 is 0 Å². The van der Waals surface area contributed by atoms with Crippen molar-refractivity contribution in [3.8, 4) is 0 Å². The van der Waals surface area contributed by atoms with E-state index in [0.717, 1.165) is 69.8 Å². The van der Waals surface area contributed by atoms with Crippen molar-refractivity contribution in [2.24, 2.45) is 0 Å². The fourth-order valence-corrected chi connectivity index (χ4v) is 3.76. The molecule has 2 fully saturated rings. The molecule has 0 spiro atoms. The smallest absolute Gasteiger partial charge is 0.224 e. The zero-order valence-corrected chi connectivity index (χ0v) is 14.4. The first kappa shape index (κ1) is 15.7. The van der Waals surface area contributed by atoms with E-state index >= 15 is 0 Å². The topological polar surface area (TPSA) is 66.4 Å². The van der Waals surface area contributed by atoms with Crippen LogP contribution in [0, 0.1) is 0 Å². The summed E-state index contributed by atoms with van der Waals surface area (Å²) in [6.07, 6.45) is 2.94. The molecule has 1 atom stereocenters. The van der Waals surface area contributed by atoms with Crippen LogP contribution in [0.4, 0.5) is 11.8 Å². The summed E-state index contributed by atoms with van der Waals surface area (Å²) >= 11 is 1.65. The molecule has 0 radical (unpaired) electrons. The molecule has 1 unspecified atom stereocenters. The van der Waals surface area contributed by atoms with E-state index in [2.05, 4.69) is 35.4 Å². The van der Waals surface area contributed by atoms with Gasteiger partial charge in [0.05, 0.1) is 24.4 Å². The maximum atomic E-state index is 5.40. The highest BCUT2D eigenvalue weighted by Crippen LogP contribution is 2.18. The second-order valence-electron chi connectivity index (χ2n) is 6.18. The molecule has 1 N–H and O–H groups in total. The summed E-state index contributed by atoms with van der Waals surface area (Å²) in [7, 11) is 0. The number of ether oxygens (including phenoxy) is 1. The number of thiazole rings is 1. The molecule has 2 aromatic heterocycles. The minimum atomic E-state index is 0.392. The molecular formula is C16H22N6OS. The lowest BCUT2D eigenvalue weighted by Gasteiger charge is -2.28. The number of anilines is 2. The van der Waals surface area contributed by atoms with Crippen LogP contribution in [0.1, 0.15) is 12.1 Å². The molecule has 2 aliphatic heterocycles. The summed E-state index contributed by atoms with van der Waals surface area (Å²) in [6.45, 7) is 6.32. The summed E-state index contributed by atoms with van der Waals surface area (Å²) in [5, 5.41) is 5.61. The molecule has 2 saturated heterocycles. The Kier molecular flexibility index (Phi) is 4.86. The Morgan fingerprint density at radius 3 is 3.00 bits per heavy atom. The van der Waals surface area contributed by atoms with E-state index in [1.165, 1.54) is 0 Å². The van der Waals surface area contributed by atoms with Gasteiger partial charge in [-0.25, -0.2) is 9.97 Å². The number of likely N-dealkylation sites (tertiary alicyclic amines) is 1. The second kappa shape index (κ2) is 7.42. The Morgan fingerprint density at radius 1 is 1.25 bits per heavy atom. The largest absolute Gasteiger partial charge is 0.378 e. The van der Waals surface area contributed by atoms with E-state index in [0.29, 0.717) is 6.04 Å². The van der Waals surface area contributed by atoms with E-state index in [1.807, 2.05) is 17.8 Å². The van der Waals surface area contributed by atoms with Crippen LogP contribution in [0.5, 0.6) is 0 Å². The summed E-state index contributed by atoms with van der Waals surface area (Å²) in [5.41, 5.74) is 3.05. The molecule has 7 nitrogen and oxygen atoms in total. The minimum absolute atomic E-state index is 0.392. The van der Waals surface area contributed by atoms with Crippen molar-refractivity contribution in [3.63, 3.8) is 0 Å². The second-order valence-corrected chi connectivity index (χ2v) is 6.90. The van der Waals surface area contributed by atoms with Crippen LogP contribution in [-0.2, 0) is 11.3 Å². The van der Waals surface area contributed by atoms with Crippen molar-refractivity contribution >= 4 is 23.1 Å². The first-order valence-electron chi connectivity index (χ1n) is 8.38. The van der Waals surface area contributed by atoms with E-state index in [9.17, 15) is 0 Å². The third-order valence-electron chi connectivity index (χ3n) is 4.45. The van der Waals surface area contributed by atoms with Crippen molar-refractivity contribution in [2.75, 3.05) is 49.6 Å². The third-order valence-corrected chi connectivity index (χ3v) is 5.09. The number of hydrogen-bond donors (Lipinski definition) is 1. The lowest BCUT2D eigenvalue weighted by Crippen LogP contribution is -2.37. The van der Waals surface area contributed by atoms with Gasteiger partial charge in [-0.2, -0.15) is 4.98 Å². The Labute approximate surface area is 145 Å². The predicted molar refractivity (Wildman–Crippen MR) is 94.5 cm³/mol. The maximum absolute atomic E-state index is 5.40. The molecule has 2 aromatic rings. The van der Waals surface area contributed by atoms with E-state index in [1.54, 1.807) is 11.3 Å². The van der Waals surface area contributed by atoms with Gasteiger partial charge in [-0.1, -0.05) is 0 Å². The molecule has 4 heterocycles. The lowest BCUT2D eigenvalue weighted by molar-refractivity contribution is 0.122. The van der Waals surface area contributed by atoms with Gasteiger partial charge in [-0.3, -0.25) is 4.90 Å². The summed E-state index contributed by atoms with van der Waals surface area (Å²) < 4.78 is 5.40. The quantitative estimate of drug-likeness (QED) is 0.879. The van der Waals surface area contributed by atoms with E-state index in [-0.39, 0.29) is 0 Å². The minimum Gasteiger partial charge on any atom is -0.378 e. The Bertz CT molecular complexity index is 646.